The van der Waals surface area contributed by atoms with Gasteiger partial charge in [-0.3, -0.25) is 4.79 Å². The number of methoxy groups -OCH3 is 1. The molecule has 0 saturated heterocycles. The summed E-state index contributed by atoms with van der Waals surface area (Å²) in [6.45, 7) is 7.00. The highest BCUT2D eigenvalue weighted by atomic mass is 16.5. The molecule has 148 valence electrons. The highest BCUT2D eigenvalue weighted by Gasteiger charge is 2.15. The van der Waals surface area contributed by atoms with Crippen molar-refractivity contribution in [1.82, 2.24) is 10.3 Å². The molecule has 1 aromatic heterocycles. The van der Waals surface area contributed by atoms with Gasteiger partial charge in [-0.05, 0) is 60.6 Å². The summed E-state index contributed by atoms with van der Waals surface area (Å²) in [5, 5.41) is 4.22. The van der Waals surface area contributed by atoms with Crippen molar-refractivity contribution < 1.29 is 9.53 Å². The molecule has 4 nitrogen and oxygen atoms in total. The van der Waals surface area contributed by atoms with Crippen molar-refractivity contribution in [2.24, 2.45) is 5.92 Å². The number of fused-ring (bicyclic) bond motifs is 1. The van der Waals surface area contributed by atoms with E-state index in [1.54, 1.807) is 7.11 Å². The minimum absolute atomic E-state index is 0.0639. The van der Waals surface area contributed by atoms with Crippen LogP contribution in [-0.2, 0) is 17.6 Å². The van der Waals surface area contributed by atoms with E-state index in [0.29, 0.717) is 12.5 Å². The van der Waals surface area contributed by atoms with Crippen LogP contribution in [0, 0.1) is 5.92 Å². The number of hydrogen-bond acceptors (Lipinski definition) is 2. The number of carbonyl (C=O) groups excluding carboxylic acids is 1. The van der Waals surface area contributed by atoms with E-state index in [4.69, 9.17) is 4.74 Å². The molecule has 1 unspecified atom stereocenters. The van der Waals surface area contributed by atoms with Gasteiger partial charge in [0, 0.05) is 23.6 Å². The first-order valence-corrected chi connectivity index (χ1v) is 9.98. The highest BCUT2D eigenvalue weighted by Crippen LogP contribution is 2.24. The molecule has 1 amide bonds. The number of ether oxygens (including phenoxy) is 1. The number of rotatable bonds is 8. The molecule has 0 spiro atoms. The van der Waals surface area contributed by atoms with Crippen molar-refractivity contribution in [3.8, 4) is 5.75 Å². The first-order chi connectivity index (χ1) is 13.5. The predicted octanol–water partition coefficient (Wildman–Crippen LogP) is 4.84. The molecule has 0 saturated carbocycles. The molecule has 1 atom stereocenters. The Morgan fingerprint density at radius 3 is 2.54 bits per heavy atom. The van der Waals surface area contributed by atoms with Crippen LogP contribution in [0.15, 0.2) is 48.7 Å². The van der Waals surface area contributed by atoms with Gasteiger partial charge in [0.05, 0.1) is 13.0 Å². The summed E-state index contributed by atoms with van der Waals surface area (Å²) in [4.78, 5) is 15.8. The Labute approximate surface area is 167 Å². The zero-order valence-electron chi connectivity index (χ0n) is 17.2. The zero-order valence-corrected chi connectivity index (χ0v) is 17.2. The van der Waals surface area contributed by atoms with Gasteiger partial charge in [0.25, 0.3) is 0 Å². The predicted molar refractivity (Wildman–Crippen MR) is 115 cm³/mol. The van der Waals surface area contributed by atoms with Crippen LogP contribution in [0.5, 0.6) is 5.75 Å². The maximum Gasteiger partial charge on any atom is 0.227 e. The Morgan fingerprint density at radius 2 is 1.86 bits per heavy atom. The molecule has 2 N–H and O–H groups in total. The smallest absolute Gasteiger partial charge is 0.227 e. The van der Waals surface area contributed by atoms with E-state index in [1.807, 2.05) is 31.3 Å². The normalized spacial score (nSPS) is 12.3. The standard InChI is InChI=1S/C24H30N2O2/c1-16(2)13-18-5-7-19(8-6-18)17(3)24(27)25-12-11-20-15-26-23-10-9-21(28-4)14-22(20)23/h5-10,14-17,26H,11-13H2,1-4H3,(H,25,27). The van der Waals surface area contributed by atoms with E-state index in [1.165, 1.54) is 11.1 Å². The van der Waals surface area contributed by atoms with Crippen LogP contribution in [0.2, 0.25) is 0 Å². The van der Waals surface area contributed by atoms with Crippen molar-refractivity contribution in [2.45, 2.75) is 39.5 Å². The first kappa shape index (κ1) is 20.0. The molecule has 3 aromatic rings. The van der Waals surface area contributed by atoms with Gasteiger partial charge in [-0.1, -0.05) is 38.1 Å². The Balaban J connectivity index is 1.56. The SMILES string of the molecule is COc1ccc2[nH]cc(CCNC(=O)C(C)c3ccc(CC(C)C)cc3)c2c1. The van der Waals surface area contributed by atoms with Crippen LogP contribution in [0.25, 0.3) is 10.9 Å². The molecule has 3 rings (SSSR count). The zero-order chi connectivity index (χ0) is 20.1. The highest BCUT2D eigenvalue weighted by molar-refractivity contribution is 5.85. The number of benzene rings is 2. The Morgan fingerprint density at radius 1 is 1.11 bits per heavy atom. The van der Waals surface area contributed by atoms with Gasteiger partial charge in [-0.15, -0.1) is 0 Å². The summed E-state index contributed by atoms with van der Waals surface area (Å²) in [5.74, 6) is 1.38. The van der Waals surface area contributed by atoms with Crippen LogP contribution in [-0.4, -0.2) is 24.5 Å². The number of carbonyl (C=O) groups is 1. The second-order valence-electron chi connectivity index (χ2n) is 7.83. The molecule has 28 heavy (non-hydrogen) atoms. The van der Waals surface area contributed by atoms with Crippen molar-refractivity contribution in [1.29, 1.82) is 0 Å². The molecule has 1 heterocycles. The van der Waals surface area contributed by atoms with Gasteiger partial charge in [-0.25, -0.2) is 0 Å². The van der Waals surface area contributed by atoms with Crippen molar-refractivity contribution in [2.75, 3.05) is 13.7 Å². The molecule has 0 aliphatic heterocycles. The number of H-pyrrole nitrogens is 1. The Hall–Kier alpha value is -2.75. The number of amides is 1. The maximum atomic E-state index is 12.6. The Kier molecular flexibility index (Phi) is 6.40. The molecular weight excluding hydrogens is 348 g/mol. The quantitative estimate of drug-likeness (QED) is 0.589. The lowest BCUT2D eigenvalue weighted by atomic mass is 9.96. The van der Waals surface area contributed by atoms with E-state index in [2.05, 4.69) is 48.4 Å². The average molecular weight is 379 g/mol. The molecule has 0 fully saturated rings. The molecule has 0 aliphatic rings. The van der Waals surface area contributed by atoms with Gasteiger partial charge in [0.15, 0.2) is 0 Å². The van der Waals surface area contributed by atoms with Crippen molar-refractivity contribution >= 4 is 16.8 Å². The number of aromatic amines is 1. The van der Waals surface area contributed by atoms with Gasteiger partial charge >= 0.3 is 0 Å². The molecule has 0 aliphatic carbocycles. The maximum absolute atomic E-state index is 12.6. The van der Waals surface area contributed by atoms with Crippen molar-refractivity contribution in [3.63, 3.8) is 0 Å². The largest absolute Gasteiger partial charge is 0.497 e. The fourth-order valence-corrected chi connectivity index (χ4v) is 3.53. The summed E-state index contributed by atoms with van der Waals surface area (Å²) in [6, 6.07) is 14.4. The van der Waals surface area contributed by atoms with Crippen LogP contribution >= 0.6 is 0 Å². The van der Waals surface area contributed by atoms with E-state index >= 15 is 0 Å². The third kappa shape index (κ3) is 4.75. The molecule has 0 radical (unpaired) electrons. The summed E-state index contributed by atoms with van der Waals surface area (Å²) in [5.41, 5.74) is 4.64. The lowest BCUT2D eigenvalue weighted by molar-refractivity contribution is -0.122. The lowest BCUT2D eigenvalue weighted by Crippen LogP contribution is -2.29. The number of nitrogens with one attached hydrogen (secondary N) is 2. The summed E-state index contributed by atoms with van der Waals surface area (Å²) < 4.78 is 5.32. The van der Waals surface area contributed by atoms with Crippen LogP contribution in [0.4, 0.5) is 0 Å². The molecule has 2 aromatic carbocycles. The second kappa shape index (κ2) is 8.96. The van der Waals surface area contributed by atoms with E-state index in [9.17, 15) is 4.79 Å². The Bertz CT molecular complexity index is 925. The van der Waals surface area contributed by atoms with Crippen LogP contribution in [0.1, 0.15) is 43.4 Å². The third-order valence-electron chi connectivity index (χ3n) is 5.19. The fourth-order valence-electron chi connectivity index (χ4n) is 3.53. The summed E-state index contributed by atoms with van der Waals surface area (Å²) in [7, 11) is 1.67. The fraction of sp³-hybridized carbons (Fsp3) is 0.375. The molecule has 4 heteroatoms. The van der Waals surface area contributed by atoms with Gasteiger partial charge in [0.2, 0.25) is 5.91 Å². The van der Waals surface area contributed by atoms with Crippen LogP contribution in [0.3, 0.4) is 0 Å². The number of hydrogen-bond donors (Lipinski definition) is 2. The number of aromatic nitrogens is 1. The van der Waals surface area contributed by atoms with E-state index in [-0.39, 0.29) is 11.8 Å². The van der Waals surface area contributed by atoms with Gasteiger partial charge < -0.3 is 15.0 Å². The molecule has 0 bridgehead atoms. The van der Waals surface area contributed by atoms with Gasteiger partial charge in [-0.2, -0.15) is 0 Å². The lowest BCUT2D eigenvalue weighted by Gasteiger charge is -2.13. The second-order valence-corrected chi connectivity index (χ2v) is 7.83. The third-order valence-corrected chi connectivity index (χ3v) is 5.19. The van der Waals surface area contributed by atoms with Crippen molar-refractivity contribution in [3.05, 3.63) is 65.4 Å². The monoisotopic (exact) mass is 378 g/mol. The summed E-state index contributed by atoms with van der Waals surface area (Å²) in [6.07, 6.45) is 3.85. The van der Waals surface area contributed by atoms with Gasteiger partial charge in [0.1, 0.15) is 5.75 Å². The molecular formula is C24H30N2O2. The average Bonchev–Trinajstić information content (AvgIpc) is 3.09. The first-order valence-electron chi connectivity index (χ1n) is 9.98. The minimum atomic E-state index is -0.156. The van der Waals surface area contributed by atoms with E-state index in [0.717, 1.165) is 35.1 Å². The van der Waals surface area contributed by atoms with E-state index < -0.39 is 0 Å². The topological polar surface area (TPSA) is 54.1 Å². The van der Waals surface area contributed by atoms with Crippen LogP contribution < -0.4 is 10.1 Å². The summed E-state index contributed by atoms with van der Waals surface area (Å²) >= 11 is 0. The minimum Gasteiger partial charge on any atom is -0.497 e.